The Morgan fingerprint density at radius 3 is 2.58 bits per heavy atom. The van der Waals surface area contributed by atoms with Gasteiger partial charge in [-0.15, -0.1) is 0 Å². The van der Waals surface area contributed by atoms with E-state index in [0.29, 0.717) is 0 Å². The minimum absolute atomic E-state index is 0.382. The van der Waals surface area contributed by atoms with Crippen molar-refractivity contribution in [2.45, 2.75) is 6.92 Å². The van der Waals surface area contributed by atoms with Crippen molar-refractivity contribution in [3.63, 3.8) is 0 Å². The Hall–Kier alpha value is -0.646. The van der Waals surface area contributed by atoms with E-state index in [9.17, 15) is 0 Å². The standard InChI is InChI=1S/C9H12OSi2/c1-6-7-4-2-3-5-8(7)9(6)12-10-11/h2-5H,12H2,1,11H3. The third-order valence-electron chi connectivity index (χ3n) is 2.40. The van der Waals surface area contributed by atoms with Crippen molar-refractivity contribution >= 4 is 31.0 Å². The Kier molecular flexibility index (Phi) is 2.00. The van der Waals surface area contributed by atoms with Crippen molar-refractivity contribution in [1.29, 1.82) is 0 Å². The molecule has 0 N–H and O–H groups in total. The Morgan fingerprint density at radius 1 is 1.25 bits per heavy atom. The predicted octanol–water partition coefficient (Wildman–Crippen LogP) is 0.269. The maximum atomic E-state index is 5.39. The van der Waals surface area contributed by atoms with Gasteiger partial charge in [-0.1, -0.05) is 24.3 Å². The van der Waals surface area contributed by atoms with Crippen molar-refractivity contribution in [2.24, 2.45) is 0 Å². The highest BCUT2D eigenvalue weighted by Crippen LogP contribution is 2.38. The summed E-state index contributed by atoms with van der Waals surface area (Å²) in [5, 5.41) is 1.53. The number of rotatable bonds is 2. The second-order valence-electron chi connectivity index (χ2n) is 3.08. The molecule has 1 aromatic carbocycles. The van der Waals surface area contributed by atoms with Gasteiger partial charge < -0.3 is 4.12 Å². The summed E-state index contributed by atoms with van der Waals surface area (Å²) in [6.45, 7) is 2.20. The van der Waals surface area contributed by atoms with Gasteiger partial charge in [0, 0.05) is 0 Å². The van der Waals surface area contributed by atoms with Crippen LogP contribution in [-0.2, 0) is 4.12 Å². The first-order valence-electron chi connectivity index (χ1n) is 4.13. The van der Waals surface area contributed by atoms with Crippen LogP contribution in [0.1, 0.15) is 18.1 Å². The molecule has 2 rings (SSSR count). The Morgan fingerprint density at radius 2 is 1.92 bits per heavy atom. The summed E-state index contributed by atoms with van der Waals surface area (Å²) in [4.78, 5) is 0. The van der Waals surface area contributed by atoms with Crippen LogP contribution in [0.15, 0.2) is 24.3 Å². The lowest BCUT2D eigenvalue weighted by molar-refractivity contribution is 0.677. The highest BCUT2D eigenvalue weighted by molar-refractivity contribution is 6.63. The van der Waals surface area contributed by atoms with E-state index in [1.54, 1.807) is 0 Å². The van der Waals surface area contributed by atoms with Crippen LogP contribution >= 0.6 is 0 Å². The topological polar surface area (TPSA) is 9.23 Å². The highest BCUT2D eigenvalue weighted by atomic mass is 28.3. The molecule has 3 heteroatoms. The van der Waals surface area contributed by atoms with Gasteiger partial charge in [0.1, 0.15) is 10.5 Å². The minimum atomic E-state index is -0.382. The normalized spacial score (nSPS) is 15.4. The van der Waals surface area contributed by atoms with Crippen LogP contribution in [0.4, 0.5) is 0 Å². The predicted molar refractivity (Wildman–Crippen MR) is 58.5 cm³/mol. The highest BCUT2D eigenvalue weighted by Gasteiger charge is 2.20. The molecule has 0 radical (unpaired) electrons. The molecule has 0 saturated heterocycles. The van der Waals surface area contributed by atoms with Gasteiger partial charge >= 0.3 is 0 Å². The fourth-order valence-corrected chi connectivity index (χ4v) is 3.73. The van der Waals surface area contributed by atoms with Crippen LogP contribution in [0.2, 0.25) is 0 Å². The maximum Gasteiger partial charge on any atom is 0.179 e. The first-order chi connectivity index (χ1) is 5.84. The van der Waals surface area contributed by atoms with Gasteiger partial charge in [0.2, 0.25) is 0 Å². The number of fused-ring (bicyclic) bond motifs is 1. The fourth-order valence-electron chi connectivity index (χ4n) is 1.71. The molecule has 0 aliphatic heterocycles. The van der Waals surface area contributed by atoms with Crippen molar-refractivity contribution < 1.29 is 4.12 Å². The summed E-state index contributed by atoms with van der Waals surface area (Å²) in [7, 11) is 0.504. The molecule has 0 amide bonds. The molecule has 1 aliphatic carbocycles. The molecule has 0 aromatic heterocycles. The molecule has 0 atom stereocenters. The summed E-state index contributed by atoms with van der Waals surface area (Å²) in [6.07, 6.45) is 0. The summed E-state index contributed by atoms with van der Waals surface area (Å²) in [5.41, 5.74) is 4.34. The summed E-state index contributed by atoms with van der Waals surface area (Å²) >= 11 is 0. The van der Waals surface area contributed by atoms with Gasteiger partial charge in [0.05, 0.1) is 0 Å². The van der Waals surface area contributed by atoms with Gasteiger partial charge in [-0.25, -0.2) is 0 Å². The van der Waals surface area contributed by atoms with E-state index in [4.69, 9.17) is 4.12 Å². The zero-order valence-corrected chi connectivity index (χ0v) is 10.8. The van der Waals surface area contributed by atoms with Crippen molar-refractivity contribution in [3.05, 3.63) is 35.4 Å². The first kappa shape index (κ1) is 7.98. The second kappa shape index (κ2) is 3.01. The monoisotopic (exact) mass is 192 g/mol. The average Bonchev–Trinajstić information content (AvgIpc) is 2.13. The molecular formula is C9H12OSi2. The van der Waals surface area contributed by atoms with Crippen molar-refractivity contribution in [1.82, 2.24) is 0 Å². The molecule has 0 spiro atoms. The van der Waals surface area contributed by atoms with Crippen LogP contribution in [-0.4, -0.2) is 20.2 Å². The second-order valence-corrected chi connectivity index (χ2v) is 6.39. The number of hydrogen-bond donors (Lipinski definition) is 0. The lowest BCUT2D eigenvalue weighted by Gasteiger charge is -2.24. The molecule has 12 heavy (non-hydrogen) atoms. The van der Waals surface area contributed by atoms with E-state index in [1.807, 2.05) is 0 Å². The summed E-state index contributed by atoms with van der Waals surface area (Å²) in [6, 6.07) is 8.59. The Balaban J connectivity index is 2.35. The van der Waals surface area contributed by atoms with Crippen LogP contribution in [0.3, 0.4) is 0 Å². The first-order valence-corrected chi connectivity index (χ1v) is 6.23. The lowest BCUT2D eigenvalue weighted by atomic mass is 9.89. The van der Waals surface area contributed by atoms with Crippen LogP contribution in [0.5, 0.6) is 0 Å². The van der Waals surface area contributed by atoms with Gasteiger partial charge in [-0.3, -0.25) is 0 Å². The summed E-state index contributed by atoms with van der Waals surface area (Å²) in [5.74, 6) is 0. The molecule has 62 valence electrons. The van der Waals surface area contributed by atoms with Gasteiger partial charge in [0.15, 0.2) is 9.76 Å². The molecule has 0 heterocycles. The molecule has 1 aliphatic rings. The van der Waals surface area contributed by atoms with Crippen LogP contribution in [0, 0.1) is 0 Å². The zero-order valence-electron chi connectivity index (χ0n) is 7.42. The fraction of sp³-hybridized carbons (Fsp3) is 0.111. The van der Waals surface area contributed by atoms with E-state index < -0.39 is 0 Å². The van der Waals surface area contributed by atoms with E-state index in [-0.39, 0.29) is 9.76 Å². The number of allylic oxidation sites excluding steroid dienone is 1. The lowest BCUT2D eigenvalue weighted by Crippen LogP contribution is -2.11. The van der Waals surface area contributed by atoms with Crippen LogP contribution in [0.25, 0.3) is 10.8 Å². The summed E-state index contributed by atoms with van der Waals surface area (Å²) < 4.78 is 5.39. The van der Waals surface area contributed by atoms with E-state index in [2.05, 4.69) is 31.2 Å². The molecular weight excluding hydrogens is 180 g/mol. The van der Waals surface area contributed by atoms with E-state index >= 15 is 0 Å². The third kappa shape index (κ3) is 1.02. The maximum absolute atomic E-state index is 5.39. The van der Waals surface area contributed by atoms with Crippen molar-refractivity contribution in [3.8, 4) is 0 Å². The Labute approximate surface area is 77.9 Å². The average molecular weight is 192 g/mol. The third-order valence-corrected chi connectivity index (χ3v) is 4.75. The number of hydrogen-bond acceptors (Lipinski definition) is 1. The zero-order chi connectivity index (χ0) is 8.55. The van der Waals surface area contributed by atoms with Crippen molar-refractivity contribution in [2.75, 3.05) is 0 Å². The minimum Gasteiger partial charge on any atom is -0.465 e. The smallest absolute Gasteiger partial charge is 0.179 e. The largest absolute Gasteiger partial charge is 0.465 e. The SMILES string of the molecule is CC1=C([SiH2]O[SiH3])c2ccccc21. The molecule has 0 saturated carbocycles. The molecule has 0 bridgehead atoms. The van der Waals surface area contributed by atoms with E-state index in [1.165, 1.54) is 21.9 Å². The van der Waals surface area contributed by atoms with Crippen LogP contribution < -0.4 is 0 Å². The number of benzene rings is 1. The van der Waals surface area contributed by atoms with E-state index in [0.717, 1.165) is 10.5 Å². The Bertz CT molecular complexity index is 344. The molecule has 0 fully saturated rings. The van der Waals surface area contributed by atoms with Gasteiger partial charge in [-0.2, -0.15) is 0 Å². The van der Waals surface area contributed by atoms with Gasteiger partial charge in [0.25, 0.3) is 0 Å². The molecule has 1 aromatic rings. The quantitative estimate of drug-likeness (QED) is 0.611. The van der Waals surface area contributed by atoms with Gasteiger partial charge in [-0.05, 0) is 28.8 Å². The molecule has 0 unspecified atom stereocenters. The molecule has 1 nitrogen and oxygen atoms in total.